The highest BCUT2D eigenvalue weighted by atomic mass is 79.9. The molecule has 1 amide bonds. The summed E-state index contributed by atoms with van der Waals surface area (Å²) in [5, 5.41) is 4.35. The van der Waals surface area contributed by atoms with Crippen molar-refractivity contribution in [2.75, 3.05) is 6.79 Å². The van der Waals surface area contributed by atoms with Gasteiger partial charge in [0.1, 0.15) is 0 Å². The van der Waals surface area contributed by atoms with Crippen molar-refractivity contribution in [3.8, 4) is 11.5 Å². The third-order valence-electron chi connectivity index (χ3n) is 3.23. The van der Waals surface area contributed by atoms with E-state index >= 15 is 0 Å². The smallest absolute Gasteiger partial charge is 0.272 e. The highest BCUT2D eigenvalue weighted by Gasteiger charge is 2.15. The minimum Gasteiger partial charge on any atom is -0.454 e. The van der Waals surface area contributed by atoms with Crippen LogP contribution in [-0.4, -0.2) is 18.9 Å². The van der Waals surface area contributed by atoms with Crippen molar-refractivity contribution in [2.45, 2.75) is 6.92 Å². The fourth-order valence-electron chi connectivity index (χ4n) is 2.06. The predicted octanol–water partition coefficient (Wildman–Crippen LogP) is 3.90. The molecule has 118 valence electrons. The van der Waals surface area contributed by atoms with Crippen LogP contribution in [0.5, 0.6) is 11.5 Å². The molecule has 1 N–H and O–H groups in total. The lowest BCUT2D eigenvalue weighted by Crippen LogP contribution is -2.18. The van der Waals surface area contributed by atoms with Crippen LogP contribution in [0.4, 0.5) is 0 Å². The molecule has 0 saturated carbocycles. The van der Waals surface area contributed by atoms with Gasteiger partial charge in [0.2, 0.25) is 6.79 Å². The van der Waals surface area contributed by atoms with Gasteiger partial charge in [0.25, 0.3) is 5.91 Å². The molecule has 2 aromatic rings. The number of carbonyl (C=O) groups excluding carboxylic acids is 1. The summed E-state index contributed by atoms with van der Waals surface area (Å²) in [7, 11) is 0. The van der Waals surface area contributed by atoms with Crippen molar-refractivity contribution >= 4 is 39.7 Å². The second-order valence-electron chi connectivity index (χ2n) is 4.91. The van der Waals surface area contributed by atoms with E-state index < -0.39 is 0 Å². The van der Waals surface area contributed by atoms with Crippen LogP contribution in [0.15, 0.2) is 39.9 Å². The number of hydrogen-bond acceptors (Lipinski definition) is 4. The van der Waals surface area contributed by atoms with E-state index in [-0.39, 0.29) is 12.7 Å². The highest BCUT2D eigenvalue weighted by Crippen LogP contribution is 2.36. The molecule has 2 aromatic carbocycles. The number of aryl methyl sites for hydroxylation is 1. The molecule has 0 bridgehead atoms. The van der Waals surface area contributed by atoms with Gasteiger partial charge in [-0.05, 0) is 52.7 Å². The molecule has 0 unspecified atom stereocenters. The van der Waals surface area contributed by atoms with Gasteiger partial charge in [-0.2, -0.15) is 5.10 Å². The Labute approximate surface area is 146 Å². The Bertz CT molecular complexity index is 808. The molecule has 7 heteroatoms. The number of nitrogens with one attached hydrogen (secondary N) is 1. The van der Waals surface area contributed by atoms with Gasteiger partial charge in [-0.1, -0.05) is 17.7 Å². The zero-order valence-electron chi connectivity index (χ0n) is 12.1. The molecule has 0 aliphatic carbocycles. The van der Waals surface area contributed by atoms with E-state index in [1.54, 1.807) is 24.3 Å². The molecule has 0 atom stereocenters. The van der Waals surface area contributed by atoms with Gasteiger partial charge in [0.15, 0.2) is 11.5 Å². The van der Waals surface area contributed by atoms with E-state index in [1.807, 2.05) is 13.0 Å². The van der Waals surface area contributed by atoms with Crippen LogP contribution >= 0.6 is 27.5 Å². The Morgan fingerprint density at radius 3 is 2.78 bits per heavy atom. The first kappa shape index (κ1) is 15.8. The minimum atomic E-state index is -0.372. The Morgan fingerprint density at radius 1 is 1.30 bits per heavy atom. The molecule has 1 aliphatic heterocycles. The summed E-state index contributed by atoms with van der Waals surface area (Å²) >= 11 is 9.48. The summed E-state index contributed by atoms with van der Waals surface area (Å²) in [6.45, 7) is 2.11. The van der Waals surface area contributed by atoms with Crippen LogP contribution in [0.2, 0.25) is 5.02 Å². The summed E-state index contributed by atoms with van der Waals surface area (Å²) in [6.07, 6.45) is 1.52. The average molecular weight is 396 g/mol. The lowest BCUT2D eigenvalue weighted by Gasteiger charge is -2.04. The van der Waals surface area contributed by atoms with E-state index in [9.17, 15) is 4.79 Å². The second kappa shape index (κ2) is 6.60. The topological polar surface area (TPSA) is 59.9 Å². The van der Waals surface area contributed by atoms with E-state index in [0.29, 0.717) is 22.1 Å². The Morgan fingerprint density at radius 2 is 2.04 bits per heavy atom. The first-order valence-corrected chi connectivity index (χ1v) is 7.90. The third kappa shape index (κ3) is 3.48. The molecule has 1 aliphatic rings. The number of hydrazone groups is 1. The van der Waals surface area contributed by atoms with Gasteiger partial charge >= 0.3 is 0 Å². The molecular weight excluding hydrogens is 384 g/mol. The van der Waals surface area contributed by atoms with Crippen molar-refractivity contribution < 1.29 is 14.3 Å². The number of hydrogen-bond donors (Lipinski definition) is 1. The first-order valence-electron chi connectivity index (χ1n) is 6.73. The summed E-state index contributed by atoms with van der Waals surface area (Å²) in [6, 6.07) is 8.79. The predicted molar refractivity (Wildman–Crippen MR) is 91.5 cm³/mol. The summed E-state index contributed by atoms with van der Waals surface area (Å²) in [5.74, 6) is 0.940. The second-order valence-corrected chi connectivity index (χ2v) is 6.17. The number of benzene rings is 2. The first-order chi connectivity index (χ1) is 11.0. The van der Waals surface area contributed by atoms with Gasteiger partial charge in [0, 0.05) is 10.0 Å². The zero-order chi connectivity index (χ0) is 16.4. The van der Waals surface area contributed by atoms with E-state index in [2.05, 4.69) is 26.5 Å². The van der Waals surface area contributed by atoms with Crippen LogP contribution < -0.4 is 14.9 Å². The largest absolute Gasteiger partial charge is 0.454 e. The Kier molecular flexibility index (Phi) is 4.54. The Balaban J connectivity index is 1.73. The maximum absolute atomic E-state index is 12.1. The van der Waals surface area contributed by atoms with Crippen molar-refractivity contribution in [1.29, 1.82) is 0 Å². The molecule has 1 heterocycles. The maximum Gasteiger partial charge on any atom is 0.272 e. The van der Waals surface area contributed by atoms with Gasteiger partial charge in [-0.25, -0.2) is 5.43 Å². The van der Waals surface area contributed by atoms with Crippen molar-refractivity contribution in [1.82, 2.24) is 5.43 Å². The monoisotopic (exact) mass is 394 g/mol. The molecule has 0 spiro atoms. The van der Waals surface area contributed by atoms with Gasteiger partial charge in [0.05, 0.1) is 16.8 Å². The van der Waals surface area contributed by atoms with Crippen LogP contribution in [0.25, 0.3) is 0 Å². The number of rotatable bonds is 3. The average Bonchev–Trinajstić information content (AvgIpc) is 2.94. The van der Waals surface area contributed by atoms with E-state index in [1.165, 1.54) is 6.21 Å². The lowest BCUT2D eigenvalue weighted by atomic mass is 10.1. The Hall–Kier alpha value is -2.05. The molecule has 5 nitrogen and oxygen atoms in total. The van der Waals surface area contributed by atoms with Crippen molar-refractivity contribution in [3.63, 3.8) is 0 Å². The zero-order valence-corrected chi connectivity index (χ0v) is 14.4. The van der Waals surface area contributed by atoms with E-state index in [0.717, 1.165) is 15.6 Å². The summed E-state index contributed by atoms with van der Waals surface area (Å²) < 4.78 is 11.4. The minimum absolute atomic E-state index is 0.199. The number of fused-ring (bicyclic) bond motifs is 1. The maximum atomic E-state index is 12.1. The van der Waals surface area contributed by atoms with Gasteiger partial charge < -0.3 is 9.47 Å². The van der Waals surface area contributed by atoms with E-state index in [4.69, 9.17) is 21.1 Å². The number of nitrogens with zero attached hydrogens (tertiary/aromatic N) is 1. The number of carbonyl (C=O) groups is 1. The normalized spacial score (nSPS) is 12.7. The molecule has 3 rings (SSSR count). The molecular formula is C16H12BrClN2O3. The van der Waals surface area contributed by atoms with Crippen LogP contribution in [0.3, 0.4) is 0 Å². The van der Waals surface area contributed by atoms with Gasteiger partial charge in [-0.3, -0.25) is 4.79 Å². The quantitative estimate of drug-likeness (QED) is 0.633. The third-order valence-corrected chi connectivity index (χ3v) is 4.23. The number of ether oxygens (including phenoxy) is 2. The SMILES string of the molecule is Cc1ccc(C(=O)NN=Cc2cc3c(cc2Br)OCO3)c(Cl)c1. The fraction of sp³-hybridized carbons (Fsp3) is 0.125. The van der Waals surface area contributed by atoms with Crippen molar-refractivity contribution in [3.05, 3.63) is 56.5 Å². The van der Waals surface area contributed by atoms with Crippen molar-refractivity contribution in [2.24, 2.45) is 5.10 Å². The molecule has 0 fully saturated rings. The fourth-order valence-corrected chi connectivity index (χ4v) is 2.80. The highest BCUT2D eigenvalue weighted by molar-refractivity contribution is 9.10. The number of halogens is 2. The van der Waals surface area contributed by atoms with Crippen LogP contribution in [0.1, 0.15) is 21.5 Å². The molecule has 0 radical (unpaired) electrons. The standard InChI is InChI=1S/C16H12BrClN2O3/c1-9-2-3-11(13(18)4-9)16(21)20-19-7-10-5-14-15(6-12(10)17)23-8-22-14/h2-7H,8H2,1H3,(H,20,21). The lowest BCUT2D eigenvalue weighted by molar-refractivity contribution is 0.0955. The summed E-state index contributed by atoms with van der Waals surface area (Å²) in [4.78, 5) is 12.1. The van der Waals surface area contributed by atoms with Crippen LogP contribution in [0, 0.1) is 6.92 Å². The van der Waals surface area contributed by atoms with Gasteiger partial charge in [-0.15, -0.1) is 0 Å². The van der Waals surface area contributed by atoms with Crippen LogP contribution in [-0.2, 0) is 0 Å². The number of amides is 1. The summed E-state index contributed by atoms with van der Waals surface area (Å²) in [5.41, 5.74) is 4.57. The molecule has 23 heavy (non-hydrogen) atoms. The molecule has 0 saturated heterocycles. The molecule has 0 aromatic heterocycles.